The molecule has 3 heteroatoms. The molecule has 0 heterocycles. The summed E-state index contributed by atoms with van der Waals surface area (Å²) in [5.74, 6) is 0.515. The van der Waals surface area contributed by atoms with Crippen molar-refractivity contribution in [1.29, 1.82) is 0 Å². The molecule has 2 nitrogen and oxygen atoms in total. The van der Waals surface area contributed by atoms with E-state index in [1.165, 1.54) is 11.8 Å². The Morgan fingerprint density at radius 1 is 0.789 bits per heavy atom. The van der Waals surface area contributed by atoms with Gasteiger partial charge in [0, 0.05) is 6.26 Å². The number of sulfone groups is 1. The summed E-state index contributed by atoms with van der Waals surface area (Å²) in [4.78, 5) is 0.357. The van der Waals surface area contributed by atoms with Gasteiger partial charge in [-0.1, -0.05) is 50.2 Å². The first-order chi connectivity index (χ1) is 8.88. The minimum atomic E-state index is -3.12. The van der Waals surface area contributed by atoms with E-state index in [9.17, 15) is 8.42 Å². The number of hydrogen-bond acceptors (Lipinski definition) is 2. The van der Waals surface area contributed by atoms with Gasteiger partial charge in [-0.2, -0.15) is 0 Å². The largest absolute Gasteiger partial charge is 0.224 e. The number of benzene rings is 2. The Balaban J connectivity index is 2.32. The summed E-state index contributed by atoms with van der Waals surface area (Å²) in [6, 6.07) is 15.4. The Morgan fingerprint density at radius 3 is 1.58 bits per heavy atom. The van der Waals surface area contributed by atoms with Gasteiger partial charge >= 0.3 is 0 Å². The smallest absolute Gasteiger partial charge is 0.175 e. The van der Waals surface area contributed by atoms with E-state index >= 15 is 0 Å². The molecule has 2 aromatic carbocycles. The van der Waals surface area contributed by atoms with Crippen molar-refractivity contribution in [3.63, 3.8) is 0 Å². The number of hydrogen-bond donors (Lipinski definition) is 0. The molecule has 2 aromatic rings. The van der Waals surface area contributed by atoms with E-state index in [0.29, 0.717) is 10.8 Å². The van der Waals surface area contributed by atoms with Gasteiger partial charge in [0.1, 0.15) is 0 Å². The van der Waals surface area contributed by atoms with Gasteiger partial charge in [0.05, 0.1) is 4.90 Å². The fraction of sp³-hybridized carbons (Fsp3) is 0.250. The SMILES string of the molecule is CC(C)c1ccc(-c2ccc(S(C)(=O)=O)cc2)cc1. The molecule has 0 atom stereocenters. The maximum Gasteiger partial charge on any atom is 0.175 e. The van der Waals surface area contributed by atoms with Crippen LogP contribution in [0.25, 0.3) is 11.1 Å². The van der Waals surface area contributed by atoms with Gasteiger partial charge in [0.15, 0.2) is 9.84 Å². The average molecular weight is 274 g/mol. The standard InChI is InChI=1S/C16H18O2S/c1-12(2)13-4-6-14(7-5-13)15-8-10-16(11-9-15)19(3,17)18/h4-12H,1-3H3. The van der Waals surface area contributed by atoms with Gasteiger partial charge in [0.25, 0.3) is 0 Å². The van der Waals surface area contributed by atoms with Crippen molar-refractivity contribution in [2.45, 2.75) is 24.7 Å². The van der Waals surface area contributed by atoms with Crippen LogP contribution in [-0.2, 0) is 9.84 Å². The van der Waals surface area contributed by atoms with Gasteiger partial charge in [-0.05, 0) is 34.7 Å². The van der Waals surface area contributed by atoms with E-state index in [2.05, 4.69) is 38.1 Å². The summed E-state index contributed by atoms with van der Waals surface area (Å²) >= 11 is 0. The van der Waals surface area contributed by atoms with Crippen LogP contribution in [0, 0.1) is 0 Å². The normalized spacial score (nSPS) is 11.8. The first-order valence-corrected chi connectivity index (χ1v) is 8.17. The van der Waals surface area contributed by atoms with E-state index < -0.39 is 9.84 Å². The predicted molar refractivity (Wildman–Crippen MR) is 79.1 cm³/mol. The maximum absolute atomic E-state index is 11.4. The van der Waals surface area contributed by atoms with Gasteiger partial charge in [0.2, 0.25) is 0 Å². The summed E-state index contributed by atoms with van der Waals surface area (Å²) in [5.41, 5.74) is 3.43. The van der Waals surface area contributed by atoms with Crippen LogP contribution in [0.4, 0.5) is 0 Å². The molecule has 0 aromatic heterocycles. The Bertz CT molecular complexity index is 651. The Kier molecular flexibility index (Phi) is 3.76. The molecule has 0 bridgehead atoms. The van der Waals surface area contributed by atoms with E-state index in [-0.39, 0.29) is 0 Å². The van der Waals surface area contributed by atoms with Crippen LogP contribution in [0.2, 0.25) is 0 Å². The third-order valence-electron chi connectivity index (χ3n) is 3.19. The Morgan fingerprint density at radius 2 is 1.21 bits per heavy atom. The van der Waals surface area contributed by atoms with Crippen LogP contribution in [0.15, 0.2) is 53.4 Å². The molecule has 2 rings (SSSR count). The molecule has 0 amide bonds. The molecule has 0 saturated heterocycles. The third kappa shape index (κ3) is 3.24. The van der Waals surface area contributed by atoms with Gasteiger partial charge in [-0.15, -0.1) is 0 Å². The lowest BCUT2D eigenvalue weighted by Gasteiger charge is -2.07. The maximum atomic E-state index is 11.4. The van der Waals surface area contributed by atoms with Crippen LogP contribution in [0.5, 0.6) is 0 Å². The second kappa shape index (κ2) is 5.17. The van der Waals surface area contributed by atoms with Crippen molar-refractivity contribution in [2.24, 2.45) is 0 Å². The van der Waals surface area contributed by atoms with Crippen molar-refractivity contribution in [2.75, 3.05) is 6.26 Å². The predicted octanol–water partition coefficient (Wildman–Crippen LogP) is 3.88. The summed E-state index contributed by atoms with van der Waals surface area (Å²) in [6.45, 7) is 4.33. The van der Waals surface area contributed by atoms with Crippen LogP contribution in [0.3, 0.4) is 0 Å². The van der Waals surface area contributed by atoms with Gasteiger partial charge in [-0.25, -0.2) is 8.42 Å². The lowest BCUT2D eigenvalue weighted by Crippen LogP contribution is -1.96. The zero-order valence-electron chi connectivity index (χ0n) is 11.4. The van der Waals surface area contributed by atoms with Crippen LogP contribution in [0.1, 0.15) is 25.3 Å². The summed E-state index contributed by atoms with van der Waals surface area (Å²) < 4.78 is 22.8. The zero-order valence-corrected chi connectivity index (χ0v) is 12.2. The molecular weight excluding hydrogens is 256 g/mol. The second-order valence-corrected chi connectivity index (χ2v) is 7.09. The molecular formula is C16H18O2S. The summed E-state index contributed by atoms with van der Waals surface area (Å²) in [5, 5.41) is 0. The van der Waals surface area contributed by atoms with E-state index in [0.717, 1.165) is 11.1 Å². The lowest BCUT2D eigenvalue weighted by molar-refractivity contribution is 0.602. The summed E-state index contributed by atoms with van der Waals surface area (Å²) in [7, 11) is -3.12. The second-order valence-electron chi connectivity index (χ2n) is 5.07. The molecule has 0 fully saturated rings. The highest BCUT2D eigenvalue weighted by atomic mass is 32.2. The fourth-order valence-electron chi connectivity index (χ4n) is 1.96. The first-order valence-electron chi connectivity index (χ1n) is 6.28. The fourth-order valence-corrected chi connectivity index (χ4v) is 2.59. The summed E-state index contributed by atoms with van der Waals surface area (Å²) in [6.07, 6.45) is 1.22. The van der Waals surface area contributed by atoms with Crippen LogP contribution in [-0.4, -0.2) is 14.7 Å². The highest BCUT2D eigenvalue weighted by Crippen LogP contribution is 2.23. The molecule has 0 unspecified atom stereocenters. The number of rotatable bonds is 3. The molecule has 19 heavy (non-hydrogen) atoms. The molecule has 0 N–H and O–H groups in total. The van der Waals surface area contributed by atoms with Crippen molar-refractivity contribution in [1.82, 2.24) is 0 Å². The van der Waals surface area contributed by atoms with Gasteiger partial charge < -0.3 is 0 Å². The van der Waals surface area contributed by atoms with E-state index in [1.807, 2.05) is 12.1 Å². The minimum absolute atomic E-state index is 0.357. The Labute approximate surface area is 115 Å². The highest BCUT2D eigenvalue weighted by Gasteiger charge is 2.07. The highest BCUT2D eigenvalue weighted by molar-refractivity contribution is 7.90. The molecule has 0 aliphatic rings. The quantitative estimate of drug-likeness (QED) is 0.851. The first kappa shape index (κ1) is 13.8. The molecule has 0 aliphatic heterocycles. The zero-order chi connectivity index (χ0) is 14.0. The topological polar surface area (TPSA) is 34.1 Å². The van der Waals surface area contributed by atoms with Crippen molar-refractivity contribution < 1.29 is 8.42 Å². The molecule has 0 spiro atoms. The molecule has 100 valence electrons. The van der Waals surface area contributed by atoms with Crippen molar-refractivity contribution in [3.05, 3.63) is 54.1 Å². The van der Waals surface area contributed by atoms with Crippen molar-refractivity contribution >= 4 is 9.84 Å². The van der Waals surface area contributed by atoms with E-state index in [4.69, 9.17) is 0 Å². The minimum Gasteiger partial charge on any atom is -0.224 e. The monoisotopic (exact) mass is 274 g/mol. The molecule has 0 aliphatic carbocycles. The average Bonchev–Trinajstić information content (AvgIpc) is 2.38. The lowest BCUT2D eigenvalue weighted by atomic mass is 9.99. The Hall–Kier alpha value is -1.61. The van der Waals surface area contributed by atoms with Crippen LogP contribution < -0.4 is 0 Å². The van der Waals surface area contributed by atoms with Gasteiger partial charge in [-0.3, -0.25) is 0 Å². The van der Waals surface area contributed by atoms with E-state index in [1.54, 1.807) is 12.1 Å². The van der Waals surface area contributed by atoms with Crippen molar-refractivity contribution in [3.8, 4) is 11.1 Å². The molecule has 0 saturated carbocycles. The van der Waals surface area contributed by atoms with Crippen LogP contribution >= 0.6 is 0 Å². The molecule has 0 radical (unpaired) electrons. The third-order valence-corrected chi connectivity index (χ3v) is 4.32.